The Bertz CT molecular complexity index is 763. The third-order valence-corrected chi connectivity index (χ3v) is 5.52. The van der Waals surface area contributed by atoms with Crippen molar-refractivity contribution in [1.82, 2.24) is 9.88 Å². The molecule has 3 aromatic rings. The molecule has 1 saturated heterocycles. The number of hydrogen-bond donors (Lipinski definition) is 0. The second kappa shape index (κ2) is 5.86. The highest BCUT2D eigenvalue weighted by molar-refractivity contribution is 7.09. The van der Waals surface area contributed by atoms with Crippen LogP contribution in [-0.4, -0.2) is 16.4 Å². The summed E-state index contributed by atoms with van der Waals surface area (Å²) in [5.74, 6) is 1.10. The third kappa shape index (κ3) is 2.46. The average Bonchev–Trinajstić information content (AvgIpc) is 3.18. The van der Waals surface area contributed by atoms with Crippen molar-refractivity contribution in [3.05, 3.63) is 52.2 Å². The number of benzene rings is 1. The molecule has 0 bridgehead atoms. The number of rotatable bonds is 3. The second-order valence-corrected chi connectivity index (χ2v) is 6.92. The molecular formula is C18H20N2OS. The summed E-state index contributed by atoms with van der Waals surface area (Å²) in [6.45, 7) is 4.18. The Morgan fingerprint density at radius 2 is 2.23 bits per heavy atom. The summed E-state index contributed by atoms with van der Waals surface area (Å²) in [5, 5.41) is 4.56. The largest absolute Gasteiger partial charge is 0.459 e. The van der Waals surface area contributed by atoms with Gasteiger partial charge in [-0.05, 0) is 37.9 Å². The van der Waals surface area contributed by atoms with Gasteiger partial charge in [-0.3, -0.25) is 4.90 Å². The van der Waals surface area contributed by atoms with Crippen LogP contribution in [0.25, 0.3) is 11.0 Å². The Morgan fingerprint density at radius 3 is 3.05 bits per heavy atom. The molecule has 0 amide bonds. The zero-order valence-corrected chi connectivity index (χ0v) is 13.6. The van der Waals surface area contributed by atoms with Gasteiger partial charge in [0.15, 0.2) is 0 Å². The lowest BCUT2D eigenvalue weighted by Gasteiger charge is -2.33. The Balaban J connectivity index is 1.64. The van der Waals surface area contributed by atoms with Crippen LogP contribution < -0.4 is 0 Å². The summed E-state index contributed by atoms with van der Waals surface area (Å²) in [5.41, 5.74) is 2.27. The van der Waals surface area contributed by atoms with Crippen LogP contribution in [0.3, 0.4) is 0 Å². The monoisotopic (exact) mass is 312 g/mol. The van der Waals surface area contributed by atoms with E-state index in [0.29, 0.717) is 6.04 Å². The van der Waals surface area contributed by atoms with Gasteiger partial charge < -0.3 is 4.42 Å². The third-order valence-electron chi connectivity index (χ3n) is 4.64. The maximum atomic E-state index is 6.11. The van der Waals surface area contributed by atoms with Crippen molar-refractivity contribution in [1.29, 1.82) is 0 Å². The molecule has 0 spiro atoms. The maximum Gasteiger partial charge on any atom is 0.134 e. The number of fused-ring (bicyclic) bond motifs is 1. The van der Waals surface area contributed by atoms with E-state index in [2.05, 4.69) is 40.4 Å². The standard InChI is InChI=1S/C18H20N2OS/c1-13-14-6-2-3-8-16(14)21-17(13)12-20-10-5-4-7-15(20)18-19-9-11-22-18/h2-3,6,8-9,11,15H,4-5,7,10,12H2,1H3/t15-/m0/s1. The van der Waals surface area contributed by atoms with Crippen molar-refractivity contribution in [3.8, 4) is 0 Å². The highest BCUT2D eigenvalue weighted by Gasteiger charge is 2.27. The van der Waals surface area contributed by atoms with E-state index in [4.69, 9.17) is 4.42 Å². The molecule has 0 aliphatic carbocycles. The number of aromatic nitrogens is 1. The van der Waals surface area contributed by atoms with E-state index < -0.39 is 0 Å². The molecule has 1 aliphatic rings. The molecule has 4 heteroatoms. The summed E-state index contributed by atoms with van der Waals surface area (Å²) in [4.78, 5) is 7.08. The van der Waals surface area contributed by atoms with Crippen molar-refractivity contribution < 1.29 is 4.42 Å². The first-order valence-corrected chi connectivity index (χ1v) is 8.81. The predicted octanol–water partition coefficient (Wildman–Crippen LogP) is 4.92. The first-order chi connectivity index (χ1) is 10.8. The van der Waals surface area contributed by atoms with Crippen molar-refractivity contribution in [3.63, 3.8) is 0 Å². The Hall–Kier alpha value is -1.65. The molecule has 1 aliphatic heterocycles. The summed E-state index contributed by atoms with van der Waals surface area (Å²) in [6.07, 6.45) is 5.67. The minimum Gasteiger partial charge on any atom is -0.459 e. The van der Waals surface area contributed by atoms with Crippen LogP contribution in [0.4, 0.5) is 0 Å². The van der Waals surface area contributed by atoms with Gasteiger partial charge in [0, 0.05) is 17.0 Å². The summed E-state index contributed by atoms with van der Waals surface area (Å²) >= 11 is 1.77. The van der Waals surface area contributed by atoms with E-state index >= 15 is 0 Å². The van der Waals surface area contributed by atoms with Gasteiger partial charge >= 0.3 is 0 Å². The number of thiazole rings is 1. The first-order valence-electron chi connectivity index (χ1n) is 7.93. The molecule has 22 heavy (non-hydrogen) atoms. The van der Waals surface area contributed by atoms with Gasteiger partial charge in [0.25, 0.3) is 0 Å². The summed E-state index contributed by atoms with van der Waals surface area (Å²) in [6, 6.07) is 8.76. The van der Waals surface area contributed by atoms with Crippen LogP contribution in [0.2, 0.25) is 0 Å². The average molecular weight is 312 g/mol. The minimum atomic E-state index is 0.446. The predicted molar refractivity (Wildman–Crippen MR) is 90.1 cm³/mol. The van der Waals surface area contributed by atoms with Gasteiger partial charge in [0.2, 0.25) is 0 Å². The minimum absolute atomic E-state index is 0.446. The lowest BCUT2D eigenvalue weighted by atomic mass is 10.0. The number of piperidine rings is 1. The molecule has 1 fully saturated rings. The van der Waals surface area contributed by atoms with Gasteiger partial charge in [-0.2, -0.15) is 0 Å². The Labute approximate surface area is 134 Å². The van der Waals surface area contributed by atoms with Gasteiger partial charge in [-0.25, -0.2) is 4.98 Å². The SMILES string of the molecule is Cc1c(CN2CCCC[C@H]2c2nccs2)oc2ccccc12. The van der Waals surface area contributed by atoms with Gasteiger partial charge in [0.1, 0.15) is 16.4 Å². The van der Waals surface area contributed by atoms with Crippen LogP contribution >= 0.6 is 11.3 Å². The maximum absolute atomic E-state index is 6.11. The molecule has 2 aromatic heterocycles. The van der Waals surface area contributed by atoms with Gasteiger partial charge in [-0.1, -0.05) is 24.6 Å². The number of para-hydroxylation sites is 1. The van der Waals surface area contributed by atoms with Gasteiger partial charge in [-0.15, -0.1) is 11.3 Å². The lowest BCUT2D eigenvalue weighted by Crippen LogP contribution is -2.32. The van der Waals surface area contributed by atoms with Crippen LogP contribution in [0.1, 0.15) is 41.6 Å². The topological polar surface area (TPSA) is 29.3 Å². The van der Waals surface area contributed by atoms with Crippen LogP contribution in [0.15, 0.2) is 40.3 Å². The molecule has 0 unspecified atom stereocenters. The molecular weight excluding hydrogens is 292 g/mol. The molecule has 4 rings (SSSR count). The normalized spacial score (nSPS) is 19.8. The fourth-order valence-corrected chi connectivity index (χ4v) is 4.23. The molecule has 1 atom stereocenters. The summed E-state index contributed by atoms with van der Waals surface area (Å²) < 4.78 is 6.11. The fourth-order valence-electron chi connectivity index (χ4n) is 3.42. The lowest BCUT2D eigenvalue weighted by molar-refractivity contribution is 0.130. The smallest absolute Gasteiger partial charge is 0.134 e. The number of aryl methyl sites for hydroxylation is 1. The molecule has 3 heterocycles. The van der Waals surface area contributed by atoms with Gasteiger partial charge in [0.05, 0.1) is 12.6 Å². The highest BCUT2D eigenvalue weighted by atomic mass is 32.1. The molecule has 114 valence electrons. The van der Waals surface area contributed by atoms with Crippen LogP contribution in [0.5, 0.6) is 0 Å². The van der Waals surface area contributed by atoms with Crippen LogP contribution in [0, 0.1) is 6.92 Å². The van der Waals surface area contributed by atoms with Crippen molar-refractivity contribution in [2.24, 2.45) is 0 Å². The molecule has 1 aromatic carbocycles. The molecule has 0 radical (unpaired) electrons. The Kier molecular flexibility index (Phi) is 3.72. The second-order valence-electron chi connectivity index (χ2n) is 6.00. The number of furan rings is 1. The number of hydrogen-bond acceptors (Lipinski definition) is 4. The van der Waals surface area contributed by atoms with Crippen molar-refractivity contribution in [2.45, 2.75) is 38.8 Å². The molecule has 0 N–H and O–H groups in total. The quantitative estimate of drug-likeness (QED) is 0.687. The highest BCUT2D eigenvalue weighted by Crippen LogP contribution is 2.35. The van der Waals surface area contributed by atoms with Crippen LogP contribution in [-0.2, 0) is 6.54 Å². The van der Waals surface area contributed by atoms with E-state index in [1.54, 1.807) is 11.3 Å². The molecule has 3 nitrogen and oxygen atoms in total. The number of likely N-dealkylation sites (tertiary alicyclic amines) is 1. The van der Waals surface area contributed by atoms with E-state index in [9.17, 15) is 0 Å². The van der Waals surface area contributed by atoms with Crippen molar-refractivity contribution in [2.75, 3.05) is 6.54 Å². The van der Waals surface area contributed by atoms with Crippen molar-refractivity contribution >= 4 is 22.3 Å². The number of nitrogens with zero attached hydrogens (tertiary/aromatic N) is 2. The first kappa shape index (κ1) is 14.0. The zero-order chi connectivity index (χ0) is 14.9. The Morgan fingerprint density at radius 1 is 1.32 bits per heavy atom. The van der Waals surface area contributed by atoms with E-state index in [-0.39, 0.29) is 0 Å². The van der Waals surface area contributed by atoms with E-state index in [0.717, 1.165) is 24.4 Å². The fraction of sp³-hybridized carbons (Fsp3) is 0.389. The van der Waals surface area contributed by atoms with E-state index in [1.807, 2.05) is 12.3 Å². The zero-order valence-electron chi connectivity index (χ0n) is 12.8. The summed E-state index contributed by atoms with van der Waals surface area (Å²) in [7, 11) is 0. The van der Waals surface area contributed by atoms with E-state index in [1.165, 1.54) is 35.2 Å². The molecule has 0 saturated carbocycles.